The average Bonchev–Trinajstić information content (AvgIpc) is 1.59. The fourth-order valence-electron chi connectivity index (χ4n) is 0. The Morgan fingerprint density at radius 3 is 0.750 bits per heavy atom. The Hall–Kier alpha value is 0.549. The molecule has 0 atom stereocenters. The zero-order chi connectivity index (χ0) is 11.0. The topological polar surface area (TPSA) is 149 Å². The maximum atomic E-state index is 8.74. The molecule has 0 aromatic carbocycles. The summed E-state index contributed by atoms with van der Waals surface area (Å²) in [7, 11) is -5.13. The van der Waals surface area contributed by atoms with Gasteiger partial charge < -0.3 is 0 Å². The molecule has 0 fully saturated rings. The zero-order valence-electron chi connectivity index (χ0n) is 4.92. The van der Waals surface area contributed by atoms with Crippen LogP contribution in [0.2, 0.25) is 0 Å². The van der Waals surface area contributed by atoms with Gasteiger partial charge in [0.25, 0.3) is 0 Å². The van der Waals surface area contributed by atoms with Gasteiger partial charge in [-0.25, -0.2) is 0 Å². The van der Waals surface area contributed by atoms with Crippen LogP contribution < -0.4 is 0 Å². The van der Waals surface area contributed by atoms with Crippen molar-refractivity contribution in [1.29, 1.82) is 0 Å². The van der Waals surface area contributed by atoms with E-state index in [-0.39, 0.29) is 0 Å². The van der Waals surface area contributed by atoms with Gasteiger partial charge in [0.1, 0.15) is 0 Å². The van der Waals surface area contributed by atoms with Gasteiger partial charge >= 0.3 is 46.0 Å². The predicted octanol–water partition coefficient (Wildman–Crippen LogP) is -0.619. The summed E-state index contributed by atoms with van der Waals surface area (Å²) >= 11 is 3.66. The van der Waals surface area contributed by atoms with Gasteiger partial charge in [0.2, 0.25) is 0 Å². The molecule has 4 N–H and O–H groups in total. The monoisotopic (exact) mass is 294 g/mol. The summed E-state index contributed by atoms with van der Waals surface area (Å²) in [6, 6.07) is 0. The third-order valence-corrected chi connectivity index (χ3v) is 0. The van der Waals surface area contributed by atoms with Crippen LogP contribution in [0.25, 0.3) is 0 Å². The van der Waals surface area contributed by atoms with Gasteiger partial charge in [0, 0.05) is 0 Å². The van der Waals surface area contributed by atoms with Crippen molar-refractivity contribution in [3.05, 3.63) is 0 Å². The first-order valence-corrected chi connectivity index (χ1v) is 5.60. The number of hydrogen-bond donors (Lipinski definition) is 4. The zero-order valence-corrected chi connectivity index (χ0v) is 8.25. The third-order valence-electron chi connectivity index (χ3n) is 0. The maximum absolute atomic E-state index is 8.74. The fraction of sp³-hybridized carbons (Fsp3) is 0. The summed E-state index contributed by atoms with van der Waals surface area (Å²) in [6.07, 6.45) is 0. The van der Waals surface area contributed by atoms with Crippen molar-refractivity contribution in [2.45, 2.75) is 0 Å². The van der Waals surface area contributed by atoms with Gasteiger partial charge in [0.15, 0.2) is 0 Å². The molecule has 0 aliphatic heterocycles. The van der Waals surface area contributed by atoms with Crippen LogP contribution in [0.1, 0.15) is 0 Å². The quantitative estimate of drug-likeness (QED) is 0.341. The van der Waals surface area contributed by atoms with Gasteiger partial charge in [0.05, 0.1) is 0 Å². The van der Waals surface area contributed by atoms with E-state index in [0.29, 0.717) is 0 Å². The first-order valence-electron chi connectivity index (χ1n) is 1.51. The van der Waals surface area contributed by atoms with E-state index in [1.807, 2.05) is 0 Å². The molecule has 82 valence electrons. The van der Waals surface area contributed by atoms with E-state index in [2.05, 4.69) is 25.2 Å². The van der Waals surface area contributed by atoms with Gasteiger partial charge in [-0.05, 0) is 0 Å². The van der Waals surface area contributed by atoms with Gasteiger partial charge in [-0.1, -0.05) is 0 Å². The molecule has 0 spiro atoms. The molecule has 0 radical (unpaired) electrons. The fourth-order valence-corrected chi connectivity index (χ4v) is 0. The Bertz CT molecular complexity index is 213. The molecule has 0 aliphatic rings. The second kappa shape index (κ2) is 8.16. The second-order valence-electron chi connectivity index (χ2n) is 0.896. The van der Waals surface area contributed by atoms with Gasteiger partial charge in [-0.15, -0.1) is 0 Å². The van der Waals surface area contributed by atoms with Crippen LogP contribution in [0.5, 0.6) is 0 Å². The first kappa shape index (κ1) is 18.4. The first-order chi connectivity index (χ1) is 5.00. The standard InChI is InChI=1S/ClH.Cu.2H2O4S/c;;2*1-5(2,3)4/h1H;;2*(H2,1,2,3,4)/q;+1;;/p-1. The predicted molar refractivity (Wildman–Crippen MR) is 34.2 cm³/mol. The Morgan fingerprint density at radius 1 is 0.750 bits per heavy atom. The van der Waals surface area contributed by atoms with Crippen molar-refractivity contribution in [3.63, 3.8) is 0 Å². The van der Waals surface area contributed by atoms with Crippen LogP contribution in [0.4, 0.5) is 0 Å². The Balaban J connectivity index is -0.000000112. The van der Waals surface area contributed by atoms with Crippen molar-refractivity contribution in [2.24, 2.45) is 0 Å². The van der Waals surface area contributed by atoms with Crippen LogP contribution in [0, 0.1) is 0 Å². The van der Waals surface area contributed by atoms with Crippen LogP contribution >= 0.6 is 10.1 Å². The molecule has 8 nitrogen and oxygen atoms in total. The van der Waals surface area contributed by atoms with E-state index in [9.17, 15) is 0 Å². The van der Waals surface area contributed by atoms with Crippen molar-refractivity contribution < 1.29 is 50.1 Å². The summed E-state index contributed by atoms with van der Waals surface area (Å²) < 4.78 is 63.2. The minimum absolute atomic E-state index is 3.66. The van der Waals surface area contributed by atoms with Gasteiger partial charge in [-0.3, -0.25) is 18.2 Å². The van der Waals surface area contributed by atoms with Gasteiger partial charge in [-0.2, -0.15) is 16.8 Å². The van der Waals surface area contributed by atoms with Crippen molar-refractivity contribution in [3.8, 4) is 0 Å². The number of rotatable bonds is 0. The molecule has 12 heavy (non-hydrogen) atoms. The van der Waals surface area contributed by atoms with E-state index in [0.717, 1.165) is 0 Å². The molecule has 0 aromatic heterocycles. The van der Waals surface area contributed by atoms with E-state index in [1.165, 1.54) is 0 Å². The molecule has 0 aromatic rings. The molecule has 0 saturated carbocycles. The SMILES string of the molecule is O=S(=O)(O)O.O=S(=O)(O)O.[Cl][Cu]. The molecular formula is H4ClCuO8S2. The summed E-state index contributed by atoms with van der Waals surface area (Å²) in [4.78, 5) is 0. The van der Waals surface area contributed by atoms with E-state index in [4.69, 9.17) is 35.0 Å². The van der Waals surface area contributed by atoms with Crippen molar-refractivity contribution >= 4 is 30.9 Å². The van der Waals surface area contributed by atoms with Crippen LogP contribution in [0.15, 0.2) is 0 Å². The van der Waals surface area contributed by atoms with Crippen molar-refractivity contribution in [1.82, 2.24) is 0 Å². The molecule has 0 amide bonds. The third kappa shape index (κ3) is 3190. The minimum atomic E-state index is -4.67. The Labute approximate surface area is 81.1 Å². The number of hydrogen-bond acceptors (Lipinski definition) is 4. The van der Waals surface area contributed by atoms with E-state index >= 15 is 0 Å². The molecule has 0 unspecified atom stereocenters. The Morgan fingerprint density at radius 2 is 0.750 bits per heavy atom. The van der Waals surface area contributed by atoms with Crippen LogP contribution in [-0.2, 0) is 35.9 Å². The molecule has 0 aliphatic carbocycles. The van der Waals surface area contributed by atoms with Crippen LogP contribution in [0.3, 0.4) is 0 Å². The molecule has 12 heteroatoms. The average molecular weight is 295 g/mol. The summed E-state index contributed by atoms with van der Waals surface area (Å²) in [5.41, 5.74) is 0. The molecular weight excluding hydrogens is 291 g/mol. The van der Waals surface area contributed by atoms with E-state index < -0.39 is 20.8 Å². The summed E-state index contributed by atoms with van der Waals surface area (Å²) in [6.45, 7) is 0. The molecule has 0 rings (SSSR count). The normalized spacial score (nSPS) is 10.2. The van der Waals surface area contributed by atoms with Crippen molar-refractivity contribution in [2.75, 3.05) is 0 Å². The number of halogens is 1. The second-order valence-corrected chi connectivity index (χ2v) is 2.69. The summed E-state index contributed by atoms with van der Waals surface area (Å²) in [5, 5.41) is 0. The van der Waals surface area contributed by atoms with Crippen LogP contribution in [-0.4, -0.2) is 35.0 Å². The Kier molecular flexibility index (Phi) is 12.5. The van der Waals surface area contributed by atoms with E-state index in [1.54, 1.807) is 0 Å². The molecule has 0 heterocycles. The molecule has 0 bridgehead atoms. The molecule has 0 saturated heterocycles. The summed E-state index contributed by atoms with van der Waals surface area (Å²) in [5.74, 6) is 0.